The molecule has 1 aromatic heterocycles. The first-order valence-corrected chi connectivity index (χ1v) is 9.04. The van der Waals surface area contributed by atoms with Crippen molar-refractivity contribution in [1.82, 2.24) is 14.9 Å². The second kappa shape index (κ2) is 6.08. The monoisotopic (exact) mass is 331 g/mol. The van der Waals surface area contributed by atoms with Crippen LogP contribution in [0.15, 0.2) is 6.20 Å². The van der Waals surface area contributed by atoms with Crippen LogP contribution in [0.1, 0.15) is 66.3 Å². The van der Waals surface area contributed by atoms with Gasteiger partial charge in [0.25, 0.3) is 5.91 Å². The molecule has 1 spiro atoms. The number of nitrogens with zero attached hydrogens (tertiary/aromatic N) is 3. The smallest absolute Gasteiger partial charge is 0.257 e. The Morgan fingerprint density at radius 3 is 2.71 bits per heavy atom. The summed E-state index contributed by atoms with van der Waals surface area (Å²) in [6.07, 6.45) is 6.69. The standard InChI is InChI=1S/C18H25N3O3/c1-12-14(11-19-16(20-12)13-4-5-13)17(23)21-8-6-18(7-9-21)15(22)3-2-10-24-18/h11,13,15,22H,2-10H2,1H3/t15-/m0/s1. The fourth-order valence-corrected chi connectivity index (χ4v) is 3.88. The van der Waals surface area contributed by atoms with Crippen LogP contribution < -0.4 is 0 Å². The highest BCUT2D eigenvalue weighted by Gasteiger charge is 2.44. The van der Waals surface area contributed by atoms with Crippen LogP contribution >= 0.6 is 0 Å². The number of aromatic nitrogens is 2. The lowest BCUT2D eigenvalue weighted by Crippen LogP contribution is -2.56. The van der Waals surface area contributed by atoms with Gasteiger partial charge in [0.1, 0.15) is 5.82 Å². The van der Waals surface area contributed by atoms with Gasteiger partial charge in [-0.3, -0.25) is 4.79 Å². The maximum absolute atomic E-state index is 12.8. The number of amides is 1. The molecule has 3 heterocycles. The van der Waals surface area contributed by atoms with Crippen molar-refractivity contribution in [2.24, 2.45) is 0 Å². The van der Waals surface area contributed by atoms with E-state index in [1.165, 1.54) is 0 Å². The van der Waals surface area contributed by atoms with Gasteiger partial charge in [-0.15, -0.1) is 0 Å². The molecule has 1 amide bonds. The molecule has 1 saturated carbocycles. The molecule has 0 radical (unpaired) electrons. The third-order valence-corrected chi connectivity index (χ3v) is 5.69. The van der Waals surface area contributed by atoms with E-state index in [4.69, 9.17) is 4.74 Å². The van der Waals surface area contributed by atoms with Crippen LogP contribution in [0.5, 0.6) is 0 Å². The van der Waals surface area contributed by atoms with E-state index in [1.54, 1.807) is 6.20 Å². The van der Waals surface area contributed by atoms with E-state index < -0.39 is 11.7 Å². The van der Waals surface area contributed by atoms with Crippen molar-refractivity contribution < 1.29 is 14.6 Å². The second-order valence-electron chi connectivity index (χ2n) is 7.37. The summed E-state index contributed by atoms with van der Waals surface area (Å²) in [6.45, 7) is 3.82. The lowest BCUT2D eigenvalue weighted by molar-refractivity contribution is -0.174. The number of hydrogen-bond acceptors (Lipinski definition) is 5. The first kappa shape index (κ1) is 16.0. The average molecular weight is 331 g/mol. The maximum Gasteiger partial charge on any atom is 0.257 e. The van der Waals surface area contributed by atoms with Crippen LogP contribution in [0.2, 0.25) is 0 Å². The number of piperidine rings is 1. The zero-order chi connectivity index (χ0) is 16.7. The molecule has 130 valence electrons. The normalized spacial score (nSPS) is 26.6. The van der Waals surface area contributed by atoms with Crippen molar-refractivity contribution in [3.63, 3.8) is 0 Å². The van der Waals surface area contributed by atoms with E-state index in [0.717, 1.165) is 37.2 Å². The highest BCUT2D eigenvalue weighted by atomic mass is 16.5. The van der Waals surface area contributed by atoms with Gasteiger partial charge in [-0.2, -0.15) is 0 Å². The zero-order valence-electron chi connectivity index (χ0n) is 14.2. The van der Waals surface area contributed by atoms with E-state index in [9.17, 15) is 9.90 Å². The van der Waals surface area contributed by atoms with E-state index in [-0.39, 0.29) is 5.91 Å². The van der Waals surface area contributed by atoms with Gasteiger partial charge < -0.3 is 14.7 Å². The number of hydrogen-bond donors (Lipinski definition) is 1. The molecule has 0 aromatic carbocycles. The van der Waals surface area contributed by atoms with Crippen molar-refractivity contribution in [3.05, 3.63) is 23.3 Å². The summed E-state index contributed by atoms with van der Waals surface area (Å²) < 4.78 is 5.91. The predicted molar refractivity (Wildman–Crippen MR) is 87.8 cm³/mol. The summed E-state index contributed by atoms with van der Waals surface area (Å²) in [6, 6.07) is 0. The van der Waals surface area contributed by atoms with Gasteiger partial charge in [-0.05, 0) is 45.4 Å². The van der Waals surface area contributed by atoms with E-state index >= 15 is 0 Å². The zero-order valence-corrected chi connectivity index (χ0v) is 14.2. The summed E-state index contributed by atoms with van der Waals surface area (Å²) in [5.41, 5.74) is 0.919. The topological polar surface area (TPSA) is 75.6 Å². The number of likely N-dealkylation sites (tertiary alicyclic amines) is 1. The van der Waals surface area contributed by atoms with Crippen LogP contribution in [0.4, 0.5) is 0 Å². The SMILES string of the molecule is Cc1nc(C2CC2)ncc1C(=O)N1CCC2(CC1)OCCC[C@@H]2O. The Morgan fingerprint density at radius 2 is 2.08 bits per heavy atom. The molecule has 3 aliphatic rings. The molecule has 2 aliphatic heterocycles. The molecular formula is C18H25N3O3. The minimum absolute atomic E-state index is 0.00463. The number of aliphatic hydroxyl groups is 1. The number of ether oxygens (including phenoxy) is 1. The second-order valence-corrected chi connectivity index (χ2v) is 7.37. The molecule has 1 N–H and O–H groups in total. The lowest BCUT2D eigenvalue weighted by atomic mass is 9.82. The molecule has 6 heteroatoms. The van der Waals surface area contributed by atoms with Gasteiger partial charge >= 0.3 is 0 Å². The number of aryl methyl sites for hydroxylation is 1. The fraction of sp³-hybridized carbons (Fsp3) is 0.722. The quantitative estimate of drug-likeness (QED) is 0.894. The molecule has 2 saturated heterocycles. The fourth-order valence-electron chi connectivity index (χ4n) is 3.88. The summed E-state index contributed by atoms with van der Waals surface area (Å²) in [5, 5.41) is 10.3. The Kier molecular flexibility index (Phi) is 4.04. The first-order valence-electron chi connectivity index (χ1n) is 9.04. The molecule has 4 rings (SSSR count). The van der Waals surface area contributed by atoms with Crippen molar-refractivity contribution >= 4 is 5.91 Å². The van der Waals surface area contributed by atoms with Crippen molar-refractivity contribution in [3.8, 4) is 0 Å². The molecule has 0 bridgehead atoms. The van der Waals surface area contributed by atoms with Gasteiger partial charge in [-0.1, -0.05) is 0 Å². The van der Waals surface area contributed by atoms with Gasteiger partial charge in [0.15, 0.2) is 0 Å². The minimum Gasteiger partial charge on any atom is -0.390 e. The van der Waals surface area contributed by atoms with Crippen LogP contribution in [-0.4, -0.2) is 57.3 Å². The minimum atomic E-state index is -0.448. The Bertz CT molecular complexity index is 636. The van der Waals surface area contributed by atoms with Crippen molar-refractivity contribution in [1.29, 1.82) is 0 Å². The molecule has 1 aliphatic carbocycles. The van der Waals surface area contributed by atoms with Crippen molar-refractivity contribution in [2.45, 2.75) is 63.1 Å². The Labute approximate surface area is 142 Å². The molecular weight excluding hydrogens is 306 g/mol. The Hall–Kier alpha value is -1.53. The number of rotatable bonds is 2. The van der Waals surface area contributed by atoms with Gasteiger partial charge in [0.2, 0.25) is 0 Å². The Balaban J connectivity index is 1.44. The molecule has 1 aromatic rings. The number of carbonyl (C=O) groups excluding carboxylic acids is 1. The van der Waals surface area contributed by atoms with E-state index in [1.807, 2.05) is 11.8 Å². The summed E-state index contributed by atoms with van der Waals surface area (Å²) in [5.74, 6) is 1.36. The van der Waals surface area contributed by atoms with Gasteiger partial charge in [0.05, 0.1) is 23.0 Å². The number of carbonyl (C=O) groups is 1. The predicted octanol–water partition coefficient (Wildman–Crippen LogP) is 1.81. The van der Waals surface area contributed by atoms with Crippen molar-refractivity contribution in [2.75, 3.05) is 19.7 Å². The number of aliphatic hydroxyl groups excluding tert-OH is 1. The summed E-state index contributed by atoms with van der Waals surface area (Å²) >= 11 is 0. The van der Waals surface area contributed by atoms with Gasteiger partial charge in [0, 0.05) is 31.8 Å². The maximum atomic E-state index is 12.8. The summed E-state index contributed by atoms with van der Waals surface area (Å²) in [7, 11) is 0. The van der Waals surface area contributed by atoms with E-state index in [2.05, 4.69) is 9.97 Å². The lowest BCUT2D eigenvalue weighted by Gasteiger charge is -2.46. The van der Waals surface area contributed by atoms with Crippen LogP contribution in [0.25, 0.3) is 0 Å². The summed E-state index contributed by atoms with van der Waals surface area (Å²) in [4.78, 5) is 23.6. The Morgan fingerprint density at radius 1 is 1.33 bits per heavy atom. The van der Waals surface area contributed by atoms with Crippen LogP contribution in [0.3, 0.4) is 0 Å². The van der Waals surface area contributed by atoms with Crippen LogP contribution in [0, 0.1) is 6.92 Å². The van der Waals surface area contributed by atoms with Crippen LogP contribution in [-0.2, 0) is 4.74 Å². The molecule has 1 atom stereocenters. The molecule has 24 heavy (non-hydrogen) atoms. The third kappa shape index (κ3) is 2.82. The van der Waals surface area contributed by atoms with E-state index in [0.29, 0.717) is 44.0 Å². The molecule has 6 nitrogen and oxygen atoms in total. The highest BCUT2D eigenvalue weighted by molar-refractivity contribution is 5.95. The largest absolute Gasteiger partial charge is 0.390 e. The molecule has 0 unspecified atom stereocenters. The highest BCUT2D eigenvalue weighted by Crippen LogP contribution is 2.38. The molecule has 3 fully saturated rings. The average Bonchev–Trinajstić information content (AvgIpc) is 3.43. The third-order valence-electron chi connectivity index (χ3n) is 5.69. The first-order chi connectivity index (χ1) is 11.6. The van der Waals surface area contributed by atoms with Gasteiger partial charge in [-0.25, -0.2) is 9.97 Å².